The number of benzene rings is 1. The molecular weight excluding hydrogens is 336 g/mol. The van der Waals surface area contributed by atoms with E-state index in [4.69, 9.17) is 4.99 Å². The summed E-state index contributed by atoms with van der Waals surface area (Å²) in [5.74, 6) is 0.949. The van der Waals surface area contributed by atoms with Gasteiger partial charge in [0.05, 0.1) is 6.33 Å². The molecule has 146 valence electrons. The maximum atomic E-state index is 4.74. The molecule has 0 unspecified atom stereocenters. The Kier molecular flexibility index (Phi) is 7.71. The van der Waals surface area contributed by atoms with Gasteiger partial charge in [-0.15, -0.1) is 0 Å². The third-order valence-electron chi connectivity index (χ3n) is 4.93. The van der Waals surface area contributed by atoms with Crippen LogP contribution in [0.2, 0.25) is 0 Å². The highest BCUT2D eigenvalue weighted by molar-refractivity contribution is 5.80. The van der Waals surface area contributed by atoms with Crippen molar-refractivity contribution in [3.05, 3.63) is 54.6 Å². The lowest BCUT2D eigenvalue weighted by atomic mass is 10.0. The molecule has 1 saturated heterocycles. The summed E-state index contributed by atoms with van der Waals surface area (Å²) in [5.41, 5.74) is 1.40. The van der Waals surface area contributed by atoms with E-state index < -0.39 is 0 Å². The van der Waals surface area contributed by atoms with Crippen LogP contribution in [0.4, 0.5) is 0 Å². The fourth-order valence-electron chi connectivity index (χ4n) is 3.45. The largest absolute Gasteiger partial charge is 0.357 e. The van der Waals surface area contributed by atoms with Gasteiger partial charge < -0.3 is 15.2 Å². The normalized spacial score (nSPS) is 16.4. The van der Waals surface area contributed by atoms with Gasteiger partial charge in [-0.3, -0.25) is 9.89 Å². The number of imidazole rings is 1. The third kappa shape index (κ3) is 6.71. The summed E-state index contributed by atoms with van der Waals surface area (Å²) in [6.45, 7) is 8.10. The van der Waals surface area contributed by atoms with Crippen LogP contribution in [0.3, 0.4) is 0 Å². The Balaban J connectivity index is 1.40. The first-order valence-corrected chi connectivity index (χ1v) is 10.1. The van der Waals surface area contributed by atoms with Crippen molar-refractivity contribution in [2.75, 3.05) is 26.2 Å². The Hall–Kier alpha value is -2.34. The van der Waals surface area contributed by atoms with Gasteiger partial charge in [-0.05, 0) is 31.7 Å². The number of aryl methyl sites for hydroxylation is 1. The zero-order valence-electron chi connectivity index (χ0n) is 16.3. The second-order valence-corrected chi connectivity index (χ2v) is 7.10. The monoisotopic (exact) mass is 368 g/mol. The molecule has 27 heavy (non-hydrogen) atoms. The molecule has 1 aliphatic rings. The molecule has 0 bridgehead atoms. The highest BCUT2D eigenvalue weighted by Gasteiger charge is 2.19. The molecule has 6 nitrogen and oxygen atoms in total. The topological polar surface area (TPSA) is 57.5 Å². The second-order valence-electron chi connectivity index (χ2n) is 7.10. The second kappa shape index (κ2) is 10.7. The lowest BCUT2D eigenvalue weighted by Gasteiger charge is -2.33. The number of likely N-dealkylation sites (tertiary alicyclic amines) is 1. The predicted molar refractivity (Wildman–Crippen MR) is 111 cm³/mol. The van der Waals surface area contributed by atoms with E-state index in [0.29, 0.717) is 6.04 Å². The molecule has 3 rings (SSSR count). The first-order valence-electron chi connectivity index (χ1n) is 10.1. The number of guanidine groups is 1. The number of piperidine rings is 1. The van der Waals surface area contributed by atoms with E-state index in [2.05, 4.69) is 62.3 Å². The molecular formula is C21H32N6. The van der Waals surface area contributed by atoms with E-state index >= 15 is 0 Å². The lowest BCUT2D eigenvalue weighted by Crippen LogP contribution is -2.48. The van der Waals surface area contributed by atoms with Crippen molar-refractivity contribution in [3.8, 4) is 0 Å². The van der Waals surface area contributed by atoms with Crippen LogP contribution < -0.4 is 10.6 Å². The van der Waals surface area contributed by atoms with Crippen LogP contribution in [0.5, 0.6) is 0 Å². The van der Waals surface area contributed by atoms with Crippen LogP contribution in [0.15, 0.2) is 54.0 Å². The standard InChI is InChI=1S/C21H32N6/c1-2-23-21(24-11-6-13-27-16-12-22-18-27)25-20-9-14-26(15-10-20)17-19-7-4-3-5-8-19/h3-5,7-8,12,16,18,20H,2,6,9-11,13-15,17H2,1H3,(H2,23,24,25). The summed E-state index contributed by atoms with van der Waals surface area (Å²) in [7, 11) is 0. The molecule has 1 aliphatic heterocycles. The molecule has 0 spiro atoms. The number of rotatable bonds is 8. The van der Waals surface area contributed by atoms with Crippen molar-refractivity contribution in [3.63, 3.8) is 0 Å². The van der Waals surface area contributed by atoms with Crippen molar-refractivity contribution >= 4 is 5.96 Å². The molecule has 0 amide bonds. The molecule has 2 N–H and O–H groups in total. The van der Waals surface area contributed by atoms with Gasteiger partial charge in [-0.25, -0.2) is 4.98 Å². The Morgan fingerprint density at radius 2 is 2.04 bits per heavy atom. The van der Waals surface area contributed by atoms with Crippen LogP contribution in [0, 0.1) is 0 Å². The Morgan fingerprint density at radius 1 is 1.22 bits per heavy atom. The molecule has 0 radical (unpaired) electrons. The van der Waals surface area contributed by atoms with Crippen LogP contribution >= 0.6 is 0 Å². The fraction of sp³-hybridized carbons (Fsp3) is 0.524. The van der Waals surface area contributed by atoms with Gasteiger partial charge in [0.2, 0.25) is 0 Å². The van der Waals surface area contributed by atoms with Gasteiger partial charge in [-0.2, -0.15) is 0 Å². The van der Waals surface area contributed by atoms with Crippen molar-refractivity contribution in [1.29, 1.82) is 0 Å². The number of aliphatic imine (C=N–C) groups is 1. The van der Waals surface area contributed by atoms with Crippen molar-refractivity contribution in [1.82, 2.24) is 25.1 Å². The minimum atomic E-state index is 0.503. The van der Waals surface area contributed by atoms with Gasteiger partial charge in [-0.1, -0.05) is 30.3 Å². The summed E-state index contributed by atoms with van der Waals surface area (Å²) in [6, 6.07) is 11.2. The van der Waals surface area contributed by atoms with Crippen molar-refractivity contribution in [2.45, 2.75) is 45.3 Å². The number of hydrogen-bond donors (Lipinski definition) is 2. The van der Waals surface area contributed by atoms with Gasteiger partial charge in [0.25, 0.3) is 0 Å². The first kappa shape index (κ1) is 19.4. The highest BCUT2D eigenvalue weighted by atomic mass is 15.2. The van der Waals surface area contributed by atoms with E-state index in [1.807, 2.05) is 18.7 Å². The molecule has 1 aromatic heterocycles. The van der Waals surface area contributed by atoms with Crippen LogP contribution in [-0.4, -0.2) is 52.6 Å². The SMILES string of the molecule is CCNC(=NCCCn1ccnc1)NC1CCN(Cc2ccccc2)CC1. The van der Waals surface area contributed by atoms with Gasteiger partial charge >= 0.3 is 0 Å². The van der Waals surface area contributed by atoms with Gasteiger partial charge in [0.1, 0.15) is 0 Å². The fourth-order valence-corrected chi connectivity index (χ4v) is 3.45. The molecule has 1 aromatic carbocycles. The lowest BCUT2D eigenvalue weighted by molar-refractivity contribution is 0.198. The zero-order valence-corrected chi connectivity index (χ0v) is 16.3. The number of aromatic nitrogens is 2. The van der Waals surface area contributed by atoms with E-state index in [0.717, 1.165) is 64.5 Å². The van der Waals surface area contributed by atoms with Crippen molar-refractivity contribution in [2.24, 2.45) is 4.99 Å². The molecule has 0 aliphatic carbocycles. The van der Waals surface area contributed by atoms with E-state index in [9.17, 15) is 0 Å². The Labute approximate surface area is 162 Å². The average Bonchev–Trinajstić information content (AvgIpc) is 3.21. The molecule has 0 saturated carbocycles. The minimum Gasteiger partial charge on any atom is -0.357 e. The molecule has 1 fully saturated rings. The van der Waals surface area contributed by atoms with Gasteiger partial charge in [0.15, 0.2) is 5.96 Å². The highest BCUT2D eigenvalue weighted by Crippen LogP contribution is 2.13. The summed E-state index contributed by atoms with van der Waals surface area (Å²) < 4.78 is 2.10. The summed E-state index contributed by atoms with van der Waals surface area (Å²) >= 11 is 0. The Bertz CT molecular complexity index is 659. The maximum absolute atomic E-state index is 4.74. The van der Waals surface area contributed by atoms with Gasteiger partial charge in [0, 0.05) is 57.7 Å². The van der Waals surface area contributed by atoms with Crippen LogP contribution in [0.1, 0.15) is 31.7 Å². The van der Waals surface area contributed by atoms with E-state index in [1.165, 1.54) is 5.56 Å². The van der Waals surface area contributed by atoms with Crippen LogP contribution in [-0.2, 0) is 13.1 Å². The predicted octanol–water partition coefficient (Wildman–Crippen LogP) is 2.49. The summed E-state index contributed by atoms with van der Waals surface area (Å²) in [4.78, 5) is 11.4. The minimum absolute atomic E-state index is 0.503. The average molecular weight is 369 g/mol. The smallest absolute Gasteiger partial charge is 0.191 e. The van der Waals surface area contributed by atoms with Crippen LogP contribution in [0.25, 0.3) is 0 Å². The first-order chi connectivity index (χ1) is 13.3. The zero-order chi connectivity index (χ0) is 18.7. The third-order valence-corrected chi connectivity index (χ3v) is 4.93. The molecule has 2 heterocycles. The summed E-state index contributed by atoms with van der Waals surface area (Å²) in [6.07, 6.45) is 9.01. The quantitative estimate of drug-likeness (QED) is 0.427. The Morgan fingerprint density at radius 3 is 2.74 bits per heavy atom. The molecule has 0 atom stereocenters. The van der Waals surface area contributed by atoms with E-state index in [-0.39, 0.29) is 0 Å². The number of hydrogen-bond acceptors (Lipinski definition) is 3. The molecule has 6 heteroatoms. The number of nitrogens with zero attached hydrogens (tertiary/aromatic N) is 4. The van der Waals surface area contributed by atoms with Crippen molar-refractivity contribution < 1.29 is 0 Å². The summed E-state index contributed by atoms with van der Waals surface area (Å²) in [5, 5.41) is 7.01. The van der Waals surface area contributed by atoms with E-state index in [1.54, 1.807) is 0 Å². The number of nitrogens with one attached hydrogen (secondary N) is 2. The molecule has 2 aromatic rings. The maximum Gasteiger partial charge on any atom is 0.191 e.